The summed E-state index contributed by atoms with van der Waals surface area (Å²) in [4.78, 5) is 16.1. The second-order valence-electron chi connectivity index (χ2n) is 5.29. The quantitative estimate of drug-likeness (QED) is 0.614. The van der Waals surface area contributed by atoms with Crippen molar-refractivity contribution in [2.75, 3.05) is 18.4 Å². The first-order valence-electron chi connectivity index (χ1n) is 7.61. The number of hydrogen-bond acceptors (Lipinski definition) is 5. The minimum absolute atomic E-state index is 0.0871. The van der Waals surface area contributed by atoms with Crippen LogP contribution in [0.5, 0.6) is 0 Å². The van der Waals surface area contributed by atoms with Crippen molar-refractivity contribution >= 4 is 21.7 Å². The second-order valence-corrected chi connectivity index (χ2v) is 6.86. The van der Waals surface area contributed by atoms with E-state index in [0.29, 0.717) is 30.9 Å². The summed E-state index contributed by atoms with van der Waals surface area (Å²) in [5.74, 6) is 0.399. The van der Waals surface area contributed by atoms with E-state index in [9.17, 15) is 13.2 Å². The summed E-state index contributed by atoms with van der Waals surface area (Å²) in [5.41, 5.74) is 1.47. The summed E-state index contributed by atoms with van der Waals surface area (Å²) in [7, 11) is -3.67. The molecule has 132 valence electrons. The Labute approximate surface area is 147 Å². The van der Waals surface area contributed by atoms with Crippen molar-refractivity contribution in [3.05, 3.63) is 66.4 Å². The Bertz CT molecular complexity index is 848. The van der Waals surface area contributed by atoms with E-state index < -0.39 is 10.0 Å². The molecule has 2 rings (SSSR count). The molecular weight excluding hydrogens is 340 g/mol. The van der Waals surface area contributed by atoms with Crippen LogP contribution < -0.4 is 15.8 Å². The molecule has 2 aromatic rings. The van der Waals surface area contributed by atoms with Gasteiger partial charge in [0, 0.05) is 24.8 Å². The smallest absolute Gasteiger partial charge is 0.251 e. The van der Waals surface area contributed by atoms with Crippen LogP contribution >= 0.6 is 0 Å². The van der Waals surface area contributed by atoms with Crippen LogP contribution in [0.15, 0.2) is 60.1 Å². The van der Waals surface area contributed by atoms with Gasteiger partial charge in [-0.25, -0.2) is 18.5 Å². The van der Waals surface area contributed by atoms with Crippen LogP contribution in [-0.4, -0.2) is 32.4 Å². The van der Waals surface area contributed by atoms with Gasteiger partial charge >= 0.3 is 0 Å². The monoisotopic (exact) mass is 360 g/mol. The molecule has 0 spiro atoms. The number of nitrogens with one attached hydrogen (secondary N) is 2. The molecular formula is C17H20N4O3S. The minimum atomic E-state index is -3.67. The predicted molar refractivity (Wildman–Crippen MR) is 96.8 cm³/mol. The van der Waals surface area contributed by atoms with Crippen LogP contribution in [-0.2, 0) is 16.4 Å². The minimum Gasteiger partial charge on any atom is -0.370 e. The topological polar surface area (TPSA) is 114 Å². The van der Waals surface area contributed by atoms with Crippen molar-refractivity contribution in [1.29, 1.82) is 0 Å². The summed E-state index contributed by atoms with van der Waals surface area (Å²) in [6.45, 7) is 4.54. The van der Waals surface area contributed by atoms with Gasteiger partial charge in [-0.2, -0.15) is 0 Å². The van der Waals surface area contributed by atoms with Gasteiger partial charge in [-0.1, -0.05) is 18.2 Å². The molecule has 0 saturated heterocycles. The average Bonchev–Trinajstić information content (AvgIpc) is 2.59. The standard InChI is InChI=1S/C17H20N4O3S/c1-2-9-21-17(22)14-8-11-20-16(12-14)19-10-7-13-3-5-15(6-4-13)25(18,23)24/h2-6,8,11-12H,1,7,9-10H2,(H,19,20)(H,21,22)(H2,18,23,24). The zero-order chi connectivity index (χ0) is 18.3. The predicted octanol–water partition coefficient (Wildman–Crippen LogP) is 1.30. The summed E-state index contributed by atoms with van der Waals surface area (Å²) in [6.07, 6.45) is 3.84. The molecule has 0 unspecified atom stereocenters. The van der Waals surface area contributed by atoms with Crippen LogP contribution in [0.1, 0.15) is 15.9 Å². The number of carbonyl (C=O) groups excluding carboxylic acids is 1. The Morgan fingerprint density at radius 1 is 1.24 bits per heavy atom. The van der Waals surface area contributed by atoms with Gasteiger partial charge in [0.25, 0.3) is 5.91 Å². The van der Waals surface area contributed by atoms with Gasteiger partial charge in [-0.3, -0.25) is 4.79 Å². The number of pyridine rings is 1. The molecule has 0 fully saturated rings. The summed E-state index contributed by atoms with van der Waals surface area (Å²) >= 11 is 0. The number of anilines is 1. The zero-order valence-corrected chi connectivity index (χ0v) is 14.4. The molecule has 25 heavy (non-hydrogen) atoms. The van der Waals surface area contributed by atoms with Gasteiger partial charge in [0.2, 0.25) is 10.0 Å². The first kappa shape index (κ1) is 18.6. The van der Waals surface area contributed by atoms with Gasteiger partial charge in [-0.05, 0) is 36.2 Å². The maximum atomic E-state index is 11.9. The fraction of sp³-hybridized carbons (Fsp3) is 0.176. The van der Waals surface area contributed by atoms with Gasteiger partial charge in [0.05, 0.1) is 4.90 Å². The van der Waals surface area contributed by atoms with Crippen molar-refractivity contribution < 1.29 is 13.2 Å². The van der Waals surface area contributed by atoms with E-state index in [1.54, 1.807) is 36.5 Å². The lowest BCUT2D eigenvalue weighted by Gasteiger charge is -2.08. The highest BCUT2D eigenvalue weighted by molar-refractivity contribution is 7.89. The second kappa shape index (κ2) is 8.41. The number of nitrogens with two attached hydrogens (primary N) is 1. The number of nitrogens with zero attached hydrogens (tertiary/aromatic N) is 1. The number of sulfonamides is 1. The van der Waals surface area contributed by atoms with Crippen molar-refractivity contribution in [2.24, 2.45) is 5.14 Å². The molecule has 0 atom stereocenters. The van der Waals surface area contributed by atoms with E-state index in [4.69, 9.17) is 5.14 Å². The highest BCUT2D eigenvalue weighted by atomic mass is 32.2. The highest BCUT2D eigenvalue weighted by Crippen LogP contribution is 2.10. The molecule has 1 aromatic carbocycles. The summed E-state index contributed by atoms with van der Waals surface area (Å²) in [6, 6.07) is 9.70. The first-order chi connectivity index (χ1) is 11.9. The molecule has 0 bridgehead atoms. The Morgan fingerprint density at radius 3 is 2.60 bits per heavy atom. The van der Waals surface area contributed by atoms with Crippen LogP contribution in [0.25, 0.3) is 0 Å². The fourth-order valence-corrected chi connectivity index (χ4v) is 2.63. The SMILES string of the molecule is C=CCNC(=O)c1ccnc(NCCc2ccc(S(N)(=O)=O)cc2)c1. The normalized spacial score (nSPS) is 10.9. The maximum absolute atomic E-state index is 11.9. The van der Waals surface area contributed by atoms with Gasteiger partial charge in [0.1, 0.15) is 5.82 Å². The lowest BCUT2D eigenvalue weighted by molar-refractivity contribution is 0.0958. The van der Waals surface area contributed by atoms with Gasteiger partial charge in [-0.15, -0.1) is 6.58 Å². The van der Waals surface area contributed by atoms with E-state index in [-0.39, 0.29) is 10.8 Å². The zero-order valence-electron chi connectivity index (χ0n) is 13.6. The molecule has 1 amide bonds. The third-order valence-corrected chi connectivity index (χ3v) is 4.33. The van der Waals surface area contributed by atoms with E-state index in [1.165, 1.54) is 12.1 Å². The molecule has 0 aliphatic heterocycles. The molecule has 0 aliphatic rings. The van der Waals surface area contributed by atoms with E-state index in [2.05, 4.69) is 22.2 Å². The van der Waals surface area contributed by atoms with Crippen molar-refractivity contribution in [2.45, 2.75) is 11.3 Å². The number of rotatable bonds is 8. The van der Waals surface area contributed by atoms with E-state index in [1.807, 2.05) is 0 Å². The average molecular weight is 360 g/mol. The van der Waals surface area contributed by atoms with Crippen LogP contribution in [0.4, 0.5) is 5.82 Å². The maximum Gasteiger partial charge on any atom is 0.251 e. The Hall–Kier alpha value is -2.71. The highest BCUT2D eigenvalue weighted by Gasteiger charge is 2.07. The molecule has 1 aromatic heterocycles. The summed E-state index contributed by atoms with van der Waals surface area (Å²) in [5, 5.41) is 10.9. The lowest BCUT2D eigenvalue weighted by atomic mass is 10.1. The molecule has 8 heteroatoms. The number of primary sulfonamides is 1. The molecule has 0 radical (unpaired) electrons. The number of aromatic nitrogens is 1. The third kappa shape index (κ3) is 5.70. The van der Waals surface area contributed by atoms with Crippen LogP contribution in [0.2, 0.25) is 0 Å². The molecule has 4 N–H and O–H groups in total. The van der Waals surface area contributed by atoms with Crippen molar-refractivity contribution in [3.63, 3.8) is 0 Å². The largest absolute Gasteiger partial charge is 0.370 e. The Morgan fingerprint density at radius 2 is 1.96 bits per heavy atom. The van der Waals surface area contributed by atoms with E-state index >= 15 is 0 Å². The van der Waals surface area contributed by atoms with Gasteiger partial charge in [0.15, 0.2) is 0 Å². The van der Waals surface area contributed by atoms with Gasteiger partial charge < -0.3 is 10.6 Å². The first-order valence-corrected chi connectivity index (χ1v) is 9.15. The Kier molecular flexibility index (Phi) is 6.26. The number of carbonyl (C=O) groups is 1. The number of benzene rings is 1. The molecule has 7 nitrogen and oxygen atoms in total. The Balaban J connectivity index is 1.91. The van der Waals surface area contributed by atoms with Crippen LogP contribution in [0, 0.1) is 0 Å². The fourth-order valence-electron chi connectivity index (χ4n) is 2.12. The van der Waals surface area contributed by atoms with Crippen molar-refractivity contribution in [3.8, 4) is 0 Å². The lowest BCUT2D eigenvalue weighted by Crippen LogP contribution is -2.23. The third-order valence-electron chi connectivity index (χ3n) is 3.40. The van der Waals surface area contributed by atoms with Crippen molar-refractivity contribution in [1.82, 2.24) is 10.3 Å². The van der Waals surface area contributed by atoms with E-state index in [0.717, 1.165) is 5.56 Å². The molecule has 1 heterocycles. The molecule has 0 saturated carbocycles. The number of amides is 1. The number of hydrogen-bond donors (Lipinski definition) is 3. The van der Waals surface area contributed by atoms with Crippen LogP contribution in [0.3, 0.4) is 0 Å². The molecule has 0 aliphatic carbocycles. The summed E-state index contributed by atoms with van der Waals surface area (Å²) < 4.78 is 22.4.